The van der Waals surface area contributed by atoms with Crippen LogP contribution in [0.5, 0.6) is 0 Å². The summed E-state index contributed by atoms with van der Waals surface area (Å²) in [6, 6.07) is 0.456. The molecule has 1 aromatic heterocycles. The molecule has 0 aliphatic carbocycles. The summed E-state index contributed by atoms with van der Waals surface area (Å²) in [6.07, 6.45) is 1.90. The van der Waals surface area contributed by atoms with Crippen molar-refractivity contribution in [2.45, 2.75) is 40.3 Å². The quantitative estimate of drug-likeness (QED) is 0.714. The van der Waals surface area contributed by atoms with Gasteiger partial charge in [-0.25, -0.2) is 4.98 Å². The van der Waals surface area contributed by atoms with E-state index in [1.165, 1.54) is 5.69 Å². The molecule has 0 saturated carbocycles. The molecule has 3 nitrogen and oxygen atoms in total. The molecule has 0 N–H and O–H groups in total. The molecule has 0 saturated heterocycles. The fourth-order valence-electron chi connectivity index (χ4n) is 1.50. The molecule has 74 valence electrons. The van der Waals surface area contributed by atoms with Crippen LogP contribution in [0.15, 0.2) is 6.20 Å². The van der Waals surface area contributed by atoms with E-state index in [-0.39, 0.29) is 0 Å². The molecule has 0 spiro atoms. The normalized spacial score (nSPS) is 11.2. The Morgan fingerprint density at radius 3 is 2.77 bits per heavy atom. The second kappa shape index (κ2) is 4.42. The van der Waals surface area contributed by atoms with E-state index in [1.54, 1.807) is 0 Å². The van der Waals surface area contributed by atoms with E-state index >= 15 is 0 Å². The van der Waals surface area contributed by atoms with Crippen molar-refractivity contribution in [3.05, 3.63) is 17.7 Å². The number of ether oxygens (including phenoxy) is 1. The van der Waals surface area contributed by atoms with Crippen molar-refractivity contribution in [3.63, 3.8) is 0 Å². The van der Waals surface area contributed by atoms with Crippen molar-refractivity contribution in [2.24, 2.45) is 0 Å². The third kappa shape index (κ3) is 2.31. The molecule has 0 atom stereocenters. The van der Waals surface area contributed by atoms with Crippen LogP contribution in [0.1, 0.15) is 38.3 Å². The Morgan fingerprint density at radius 1 is 1.54 bits per heavy atom. The molecule has 0 aliphatic heterocycles. The van der Waals surface area contributed by atoms with Gasteiger partial charge in [-0.3, -0.25) is 0 Å². The topological polar surface area (TPSA) is 27.1 Å². The molecular formula is C10H18N2O. The van der Waals surface area contributed by atoms with E-state index in [1.807, 2.05) is 13.1 Å². The summed E-state index contributed by atoms with van der Waals surface area (Å²) in [6.45, 7) is 9.73. The van der Waals surface area contributed by atoms with E-state index in [9.17, 15) is 0 Å². The highest BCUT2D eigenvalue weighted by Crippen LogP contribution is 2.13. The van der Waals surface area contributed by atoms with Crippen LogP contribution in [-0.4, -0.2) is 16.2 Å². The van der Waals surface area contributed by atoms with Gasteiger partial charge in [0.15, 0.2) is 0 Å². The van der Waals surface area contributed by atoms with Crippen LogP contribution in [0.4, 0.5) is 0 Å². The van der Waals surface area contributed by atoms with E-state index in [2.05, 4.69) is 30.3 Å². The number of imidazole rings is 1. The van der Waals surface area contributed by atoms with Crippen LogP contribution in [0.2, 0.25) is 0 Å². The van der Waals surface area contributed by atoms with Gasteiger partial charge in [-0.05, 0) is 27.7 Å². The van der Waals surface area contributed by atoms with Crippen molar-refractivity contribution < 1.29 is 4.74 Å². The van der Waals surface area contributed by atoms with E-state index < -0.39 is 0 Å². The van der Waals surface area contributed by atoms with Crippen molar-refractivity contribution in [2.75, 3.05) is 6.61 Å². The lowest BCUT2D eigenvalue weighted by Crippen LogP contribution is -2.09. The first-order valence-corrected chi connectivity index (χ1v) is 4.77. The summed E-state index contributed by atoms with van der Waals surface area (Å²) in [5, 5.41) is 0. The van der Waals surface area contributed by atoms with Gasteiger partial charge in [-0.1, -0.05) is 0 Å². The molecule has 1 rings (SSSR count). The molecular weight excluding hydrogens is 164 g/mol. The summed E-state index contributed by atoms with van der Waals surface area (Å²) in [7, 11) is 0. The van der Waals surface area contributed by atoms with Crippen LogP contribution in [0.25, 0.3) is 0 Å². The number of aryl methyl sites for hydroxylation is 1. The Labute approximate surface area is 79.7 Å². The first kappa shape index (κ1) is 10.3. The predicted molar refractivity (Wildman–Crippen MR) is 52.7 cm³/mol. The molecule has 0 radical (unpaired) electrons. The number of nitrogens with zero attached hydrogens (tertiary/aromatic N) is 2. The highest BCUT2D eigenvalue weighted by molar-refractivity contribution is 5.04. The number of hydrogen-bond acceptors (Lipinski definition) is 2. The smallest absolute Gasteiger partial charge is 0.135 e. The van der Waals surface area contributed by atoms with Gasteiger partial charge in [0.1, 0.15) is 12.4 Å². The summed E-state index contributed by atoms with van der Waals surface area (Å²) < 4.78 is 7.54. The third-order valence-electron chi connectivity index (χ3n) is 2.01. The summed E-state index contributed by atoms with van der Waals surface area (Å²) >= 11 is 0. The standard InChI is InChI=1S/C10H18N2O/c1-5-13-7-10-11-6-9(4)12(10)8(2)3/h6,8H,5,7H2,1-4H3. The summed E-state index contributed by atoms with van der Waals surface area (Å²) in [5.41, 5.74) is 1.20. The predicted octanol–water partition coefficient (Wildman–Crippen LogP) is 2.31. The Hall–Kier alpha value is -0.830. The zero-order chi connectivity index (χ0) is 9.84. The van der Waals surface area contributed by atoms with Gasteiger partial charge in [0.05, 0.1) is 0 Å². The zero-order valence-electron chi connectivity index (χ0n) is 8.87. The maximum Gasteiger partial charge on any atom is 0.135 e. The van der Waals surface area contributed by atoms with Crippen molar-refractivity contribution in [1.29, 1.82) is 0 Å². The number of hydrogen-bond donors (Lipinski definition) is 0. The van der Waals surface area contributed by atoms with Gasteiger partial charge < -0.3 is 9.30 Å². The van der Waals surface area contributed by atoms with Crippen LogP contribution >= 0.6 is 0 Å². The van der Waals surface area contributed by atoms with Gasteiger partial charge >= 0.3 is 0 Å². The van der Waals surface area contributed by atoms with Crippen LogP contribution in [0, 0.1) is 6.92 Å². The molecule has 13 heavy (non-hydrogen) atoms. The minimum absolute atomic E-state index is 0.456. The maximum atomic E-state index is 5.34. The molecule has 0 bridgehead atoms. The lowest BCUT2D eigenvalue weighted by Gasteiger charge is -2.13. The van der Waals surface area contributed by atoms with Gasteiger partial charge in [-0.15, -0.1) is 0 Å². The minimum Gasteiger partial charge on any atom is -0.374 e. The zero-order valence-corrected chi connectivity index (χ0v) is 8.87. The Balaban J connectivity index is 2.81. The van der Waals surface area contributed by atoms with Crippen molar-refractivity contribution >= 4 is 0 Å². The SMILES string of the molecule is CCOCc1ncc(C)n1C(C)C. The first-order valence-electron chi connectivity index (χ1n) is 4.77. The lowest BCUT2D eigenvalue weighted by molar-refractivity contribution is 0.124. The lowest BCUT2D eigenvalue weighted by atomic mass is 10.3. The van der Waals surface area contributed by atoms with Gasteiger partial charge in [0.2, 0.25) is 0 Å². The van der Waals surface area contributed by atoms with E-state index in [4.69, 9.17) is 4.74 Å². The second-order valence-electron chi connectivity index (χ2n) is 3.42. The summed E-state index contributed by atoms with van der Waals surface area (Å²) in [5.74, 6) is 1.02. The number of rotatable bonds is 4. The van der Waals surface area contributed by atoms with Crippen molar-refractivity contribution in [1.82, 2.24) is 9.55 Å². The minimum atomic E-state index is 0.456. The fraction of sp³-hybridized carbons (Fsp3) is 0.700. The van der Waals surface area contributed by atoms with Gasteiger partial charge in [0.25, 0.3) is 0 Å². The molecule has 0 amide bonds. The highest BCUT2D eigenvalue weighted by atomic mass is 16.5. The average Bonchev–Trinajstić information content (AvgIpc) is 2.43. The molecule has 1 aromatic rings. The molecule has 1 heterocycles. The van der Waals surface area contributed by atoms with Crippen LogP contribution in [-0.2, 0) is 11.3 Å². The van der Waals surface area contributed by atoms with Gasteiger partial charge in [0, 0.05) is 24.5 Å². The Kier molecular flexibility index (Phi) is 3.48. The first-order chi connectivity index (χ1) is 6.16. The third-order valence-corrected chi connectivity index (χ3v) is 2.01. The van der Waals surface area contributed by atoms with Crippen LogP contribution in [0.3, 0.4) is 0 Å². The second-order valence-corrected chi connectivity index (χ2v) is 3.42. The largest absolute Gasteiger partial charge is 0.374 e. The monoisotopic (exact) mass is 182 g/mol. The Bertz CT molecular complexity index is 266. The van der Waals surface area contributed by atoms with E-state index in [0.29, 0.717) is 12.6 Å². The maximum absolute atomic E-state index is 5.34. The summed E-state index contributed by atoms with van der Waals surface area (Å²) in [4.78, 5) is 4.31. The average molecular weight is 182 g/mol. The highest BCUT2D eigenvalue weighted by Gasteiger charge is 2.08. The number of aromatic nitrogens is 2. The Morgan fingerprint density at radius 2 is 2.23 bits per heavy atom. The van der Waals surface area contributed by atoms with E-state index in [0.717, 1.165) is 12.4 Å². The van der Waals surface area contributed by atoms with Gasteiger partial charge in [-0.2, -0.15) is 0 Å². The molecule has 3 heteroatoms. The molecule has 0 aromatic carbocycles. The molecule has 0 fully saturated rings. The molecule has 0 aliphatic rings. The van der Waals surface area contributed by atoms with Crippen molar-refractivity contribution in [3.8, 4) is 0 Å². The molecule has 0 unspecified atom stereocenters. The van der Waals surface area contributed by atoms with Crippen LogP contribution < -0.4 is 0 Å². The fourth-order valence-corrected chi connectivity index (χ4v) is 1.50.